The summed E-state index contributed by atoms with van der Waals surface area (Å²) in [4.78, 5) is 12.6. The van der Waals surface area contributed by atoms with E-state index in [1.807, 2.05) is 54.9 Å². The highest BCUT2D eigenvalue weighted by molar-refractivity contribution is 5.91. The summed E-state index contributed by atoms with van der Waals surface area (Å²) in [6, 6.07) is 11.4. The van der Waals surface area contributed by atoms with E-state index >= 15 is 0 Å². The van der Waals surface area contributed by atoms with Gasteiger partial charge < -0.3 is 15.1 Å². The monoisotopic (exact) mass is 350 g/mol. The Labute approximate surface area is 152 Å². The molecule has 0 saturated heterocycles. The van der Waals surface area contributed by atoms with E-state index in [1.54, 1.807) is 6.26 Å². The smallest absolute Gasteiger partial charge is 0.319 e. The average molecular weight is 350 g/mol. The third-order valence-electron chi connectivity index (χ3n) is 4.75. The number of urea groups is 1. The van der Waals surface area contributed by atoms with E-state index in [0.717, 1.165) is 53.3 Å². The van der Waals surface area contributed by atoms with Gasteiger partial charge in [-0.25, -0.2) is 9.48 Å². The highest BCUT2D eigenvalue weighted by Gasteiger charge is 2.24. The molecule has 26 heavy (non-hydrogen) atoms. The first-order chi connectivity index (χ1) is 12.6. The molecule has 1 atom stereocenters. The van der Waals surface area contributed by atoms with Crippen molar-refractivity contribution in [3.63, 3.8) is 0 Å². The molecule has 2 aromatic heterocycles. The van der Waals surface area contributed by atoms with Gasteiger partial charge in [-0.05, 0) is 51.0 Å². The average Bonchev–Trinajstić information content (AvgIpc) is 3.22. The standard InChI is InChI=1S/C20H22N4O2/c1-13-12-14(2)24(23-13)18-8-4-3-6-17(18)22-20(25)21-16-7-5-9-19-15(16)10-11-26-19/h3-4,6,8,10-12,16H,5,7,9H2,1-2H3,(H2,21,22,25). The molecule has 3 aromatic rings. The molecule has 4 rings (SSSR count). The van der Waals surface area contributed by atoms with Gasteiger partial charge >= 0.3 is 6.03 Å². The van der Waals surface area contributed by atoms with Crippen LogP contribution in [0, 0.1) is 13.8 Å². The Morgan fingerprint density at radius 2 is 2.12 bits per heavy atom. The maximum Gasteiger partial charge on any atom is 0.319 e. The number of fused-ring (bicyclic) bond motifs is 1. The normalized spacial score (nSPS) is 16.2. The van der Waals surface area contributed by atoms with E-state index in [2.05, 4.69) is 15.7 Å². The summed E-state index contributed by atoms with van der Waals surface area (Å²) in [7, 11) is 0. The topological polar surface area (TPSA) is 72.1 Å². The van der Waals surface area contributed by atoms with Gasteiger partial charge in [0.1, 0.15) is 5.76 Å². The van der Waals surface area contributed by atoms with E-state index in [1.165, 1.54) is 0 Å². The van der Waals surface area contributed by atoms with Crippen LogP contribution in [0.4, 0.5) is 10.5 Å². The number of nitrogens with zero attached hydrogens (tertiary/aromatic N) is 2. The minimum Gasteiger partial charge on any atom is -0.469 e. The van der Waals surface area contributed by atoms with E-state index in [4.69, 9.17) is 4.42 Å². The number of amides is 2. The molecule has 1 aromatic carbocycles. The lowest BCUT2D eigenvalue weighted by Gasteiger charge is -2.23. The zero-order valence-corrected chi connectivity index (χ0v) is 15.0. The molecule has 1 unspecified atom stereocenters. The van der Waals surface area contributed by atoms with Crippen molar-refractivity contribution < 1.29 is 9.21 Å². The Hall–Kier alpha value is -3.02. The highest BCUT2D eigenvalue weighted by Crippen LogP contribution is 2.30. The van der Waals surface area contributed by atoms with Gasteiger partial charge in [0.15, 0.2) is 0 Å². The van der Waals surface area contributed by atoms with Gasteiger partial charge in [-0.1, -0.05) is 12.1 Å². The molecule has 134 valence electrons. The molecule has 0 spiro atoms. The number of carbonyl (C=O) groups is 1. The Morgan fingerprint density at radius 3 is 2.92 bits per heavy atom. The van der Waals surface area contributed by atoms with Crippen molar-refractivity contribution in [1.82, 2.24) is 15.1 Å². The largest absolute Gasteiger partial charge is 0.469 e. The molecule has 0 aliphatic heterocycles. The van der Waals surface area contributed by atoms with Crippen LogP contribution in [-0.2, 0) is 6.42 Å². The molecular formula is C20H22N4O2. The van der Waals surface area contributed by atoms with Crippen LogP contribution in [0.3, 0.4) is 0 Å². The van der Waals surface area contributed by atoms with E-state index in [9.17, 15) is 4.79 Å². The first-order valence-electron chi connectivity index (χ1n) is 8.88. The van der Waals surface area contributed by atoms with Crippen LogP contribution in [0.1, 0.15) is 41.6 Å². The van der Waals surface area contributed by atoms with Gasteiger partial charge in [-0.15, -0.1) is 0 Å². The fraction of sp³-hybridized carbons (Fsp3) is 0.300. The summed E-state index contributed by atoms with van der Waals surface area (Å²) in [5.74, 6) is 0.976. The number of anilines is 1. The van der Waals surface area contributed by atoms with Crippen LogP contribution >= 0.6 is 0 Å². The van der Waals surface area contributed by atoms with Crippen molar-refractivity contribution >= 4 is 11.7 Å². The minimum absolute atomic E-state index is 0.0154. The molecule has 2 amide bonds. The molecule has 0 saturated carbocycles. The van der Waals surface area contributed by atoms with E-state index in [0.29, 0.717) is 0 Å². The highest BCUT2D eigenvalue weighted by atomic mass is 16.3. The second kappa shape index (κ2) is 6.71. The van der Waals surface area contributed by atoms with E-state index in [-0.39, 0.29) is 12.1 Å². The third-order valence-corrected chi connectivity index (χ3v) is 4.75. The van der Waals surface area contributed by atoms with Crippen molar-refractivity contribution in [1.29, 1.82) is 0 Å². The second-order valence-electron chi connectivity index (χ2n) is 6.70. The number of aryl methyl sites for hydroxylation is 3. The Morgan fingerprint density at radius 1 is 1.27 bits per heavy atom. The van der Waals surface area contributed by atoms with Crippen LogP contribution in [0.2, 0.25) is 0 Å². The predicted octanol–water partition coefficient (Wildman–Crippen LogP) is 4.28. The fourth-order valence-electron chi connectivity index (χ4n) is 3.59. The van der Waals surface area contributed by atoms with Gasteiger partial charge in [-0.3, -0.25) is 0 Å². The predicted molar refractivity (Wildman–Crippen MR) is 99.6 cm³/mol. The minimum atomic E-state index is -0.224. The first kappa shape index (κ1) is 16.4. The number of hydrogen-bond donors (Lipinski definition) is 2. The zero-order chi connectivity index (χ0) is 18.1. The Kier molecular flexibility index (Phi) is 4.24. The zero-order valence-electron chi connectivity index (χ0n) is 15.0. The summed E-state index contributed by atoms with van der Waals surface area (Å²) < 4.78 is 7.34. The number of hydrogen-bond acceptors (Lipinski definition) is 3. The number of para-hydroxylation sites is 2. The molecule has 1 aliphatic rings. The molecule has 0 radical (unpaired) electrons. The summed E-state index contributed by atoms with van der Waals surface area (Å²) in [5.41, 5.74) is 4.61. The SMILES string of the molecule is Cc1cc(C)n(-c2ccccc2NC(=O)NC2CCCc3occc32)n1. The lowest BCUT2D eigenvalue weighted by molar-refractivity contribution is 0.246. The Bertz CT molecular complexity index is 941. The molecule has 0 fully saturated rings. The molecule has 6 heteroatoms. The second-order valence-corrected chi connectivity index (χ2v) is 6.70. The van der Waals surface area contributed by atoms with Crippen molar-refractivity contribution in [3.8, 4) is 5.69 Å². The number of rotatable bonds is 3. The third kappa shape index (κ3) is 3.10. The molecule has 1 aliphatic carbocycles. The van der Waals surface area contributed by atoms with Crippen LogP contribution in [-0.4, -0.2) is 15.8 Å². The molecule has 2 heterocycles. The number of aromatic nitrogens is 2. The van der Waals surface area contributed by atoms with Gasteiger partial charge in [0.25, 0.3) is 0 Å². The van der Waals surface area contributed by atoms with Crippen molar-refractivity contribution in [2.24, 2.45) is 0 Å². The molecule has 6 nitrogen and oxygen atoms in total. The van der Waals surface area contributed by atoms with Crippen LogP contribution in [0.15, 0.2) is 47.1 Å². The van der Waals surface area contributed by atoms with Gasteiger partial charge in [0, 0.05) is 17.7 Å². The number of furan rings is 1. The Balaban J connectivity index is 1.54. The fourth-order valence-corrected chi connectivity index (χ4v) is 3.59. The van der Waals surface area contributed by atoms with Gasteiger partial charge in [-0.2, -0.15) is 5.10 Å². The molecule has 2 N–H and O–H groups in total. The number of nitrogens with one attached hydrogen (secondary N) is 2. The number of carbonyl (C=O) groups excluding carboxylic acids is 1. The van der Waals surface area contributed by atoms with Crippen LogP contribution < -0.4 is 10.6 Å². The van der Waals surface area contributed by atoms with Crippen molar-refractivity contribution in [2.45, 2.75) is 39.2 Å². The summed E-state index contributed by atoms with van der Waals surface area (Å²) in [5, 5.41) is 10.6. The van der Waals surface area contributed by atoms with E-state index < -0.39 is 0 Å². The van der Waals surface area contributed by atoms with Crippen LogP contribution in [0.25, 0.3) is 5.69 Å². The van der Waals surface area contributed by atoms with Crippen molar-refractivity contribution in [3.05, 3.63) is 65.4 Å². The van der Waals surface area contributed by atoms with Gasteiger partial charge in [0.2, 0.25) is 0 Å². The number of benzene rings is 1. The van der Waals surface area contributed by atoms with Gasteiger partial charge in [0.05, 0.1) is 29.4 Å². The first-order valence-corrected chi connectivity index (χ1v) is 8.88. The summed E-state index contributed by atoms with van der Waals surface area (Å²) >= 11 is 0. The maximum atomic E-state index is 12.6. The quantitative estimate of drug-likeness (QED) is 0.740. The summed E-state index contributed by atoms with van der Waals surface area (Å²) in [6.45, 7) is 3.96. The lowest BCUT2D eigenvalue weighted by Crippen LogP contribution is -2.34. The summed E-state index contributed by atoms with van der Waals surface area (Å²) in [6.07, 6.45) is 4.55. The van der Waals surface area contributed by atoms with Crippen molar-refractivity contribution in [2.75, 3.05) is 5.32 Å². The lowest BCUT2D eigenvalue weighted by atomic mass is 9.93. The van der Waals surface area contributed by atoms with Crippen LogP contribution in [0.5, 0.6) is 0 Å². The molecule has 0 bridgehead atoms. The maximum absolute atomic E-state index is 12.6. The molecular weight excluding hydrogens is 328 g/mol.